The molecule has 0 heterocycles. The van der Waals surface area contributed by atoms with Gasteiger partial charge in [-0.3, -0.25) is 0 Å². The molecule has 0 radical (unpaired) electrons. The lowest BCUT2D eigenvalue weighted by Crippen LogP contribution is -2.00. The SMILES string of the molecule is c1ccc(-c2cc(-c3ccccc3)cc(C3c4ccccc4-c4cc(-c5ccc6c(c5)-c5cc(-c7ccccc7)ccc5C6c5ccccc5)ccc43)c2)cc1. The molecule has 0 nitrogen and oxygen atoms in total. The Hall–Kier alpha value is -7.02. The van der Waals surface area contributed by atoms with Crippen LogP contribution in [0.3, 0.4) is 0 Å². The molecule has 0 saturated carbocycles. The second-order valence-electron chi connectivity index (χ2n) is 15.2. The van der Waals surface area contributed by atoms with E-state index in [0.29, 0.717) is 0 Å². The smallest absolute Gasteiger partial charge is 0.0352 e. The fourth-order valence-electron chi connectivity index (χ4n) is 9.40. The molecule has 0 aliphatic heterocycles. The van der Waals surface area contributed by atoms with E-state index in [4.69, 9.17) is 0 Å². The van der Waals surface area contributed by atoms with E-state index in [-0.39, 0.29) is 11.8 Å². The normalized spacial score (nSPS) is 14.8. The summed E-state index contributed by atoms with van der Waals surface area (Å²) in [7, 11) is 0. The molecule has 2 aliphatic rings. The number of hydrogen-bond acceptors (Lipinski definition) is 0. The maximum Gasteiger partial charge on any atom is 0.0352 e. The van der Waals surface area contributed by atoms with Gasteiger partial charge in [0.2, 0.25) is 0 Å². The first-order valence-electron chi connectivity index (χ1n) is 19.6. The van der Waals surface area contributed by atoms with E-state index in [1.807, 2.05) is 0 Å². The van der Waals surface area contributed by atoms with Gasteiger partial charge in [-0.05, 0) is 124 Å². The van der Waals surface area contributed by atoms with Gasteiger partial charge in [0.15, 0.2) is 0 Å². The lowest BCUT2D eigenvalue weighted by Gasteiger charge is -2.18. The third kappa shape index (κ3) is 5.45. The van der Waals surface area contributed by atoms with Crippen LogP contribution in [0.4, 0.5) is 0 Å². The van der Waals surface area contributed by atoms with Gasteiger partial charge < -0.3 is 0 Å². The first-order chi connectivity index (χ1) is 27.8. The Balaban J connectivity index is 1.04. The van der Waals surface area contributed by atoms with Gasteiger partial charge in [-0.2, -0.15) is 0 Å². The summed E-state index contributed by atoms with van der Waals surface area (Å²) in [5.74, 6) is 0.344. The number of benzene rings is 9. The van der Waals surface area contributed by atoms with Crippen LogP contribution in [0, 0.1) is 0 Å². The van der Waals surface area contributed by atoms with Gasteiger partial charge in [0, 0.05) is 11.8 Å². The molecule has 11 rings (SSSR count). The highest BCUT2D eigenvalue weighted by Gasteiger charge is 2.33. The largest absolute Gasteiger partial charge is 0.0622 e. The van der Waals surface area contributed by atoms with Crippen molar-refractivity contribution in [2.45, 2.75) is 11.8 Å². The topological polar surface area (TPSA) is 0 Å². The molecule has 0 saturated heterocycles. The minimum absolute atomic E-state index is 0.135. The number of hydrogen-bond donors (Lipinski definition) is 0. The van der Waals surface area contributed by atoms with Gasteiger partial charge in [0.1, 0.15) is 0 Å². The van der Waals surface area contributed by atoms with Crippen LogP contribution >= 0.6 is 0 Å². The highest BCUT2D eigenvalue weighted by molar-refractivity contribution is 5.90. The van der Waals surface area contributed by atoms with Crippen molar-refractivity contribution in [1.82, 2.24) is 0 Å². The van der Waals surface area contributed by atoms with Crippen molar-refractivity contribution in [2.24, 2.45) is 0 Å². The Labute approximate surface area is 329 Å². The summed E-state index contributed by atoms with van der Waals surface area (Å²) in [6.07, 6.45) is 0. The lowest BCUT2D eigenvalue weighted by atomic mass is 9.85. The Morgan fingerprint density at radius 3 is 1.05 bits per heavy atom. The standard InChI is InChI=1S/C56H38/c1-5-15-37(16-6-1)41-25-28-50-53(34-41)54-36-43(27-30-51(54)55(50)40-21-11-4-12-22-40)42-26-29-49-52(35-42)47-23-13-14-24-48(47)56(49)46-32-44(38-17-7-2-8-18-38)31-45(33-46)39-19-9-3-10-20-39/h1-36,55-56H. The molecule has 9 aromatic rings. The molecule has 0 N–H and O–H groups in total. The van der Waals surface area contributed by atoms with Crippen molar-refractivity contribution >= 4 is 0 Å². The zero-order chi connectivity index (χ0) is 37.0. The molecular formula is C56H38. The summed E-state index contributed by atoms with van der Waals surface area (Å²) in [5.41, 5.74) is 23.4. The molecule has 0 aromatic heterocycles. The van der Waals surface area contributed by atoms with Crippen LogP contribution in [0.1, 0.15) is 45.2 Å². The molecule has 0 heteroatoms. The zero-order valence-corrected chi connectivity index (χ0v) is 30.9. The summed E-state index contributed by atoms with van der Waals surface area (Å²) in [6.45, 7) is 0. The fraction of sp³-hybridized carbons (Fsp3) is 0.0357. The minimum Gasteiger partial charge on any atom is -0.0622 e. The van der Waals surface area contributed by atoms with Crippen LogP contribution in [0.5, 0.6) is 0 Å². The monoisotopic (exact) mass is 710 g/mol. The zero-order valence-electron chi connectivity index (χ0n) is 30.9. The molecule has 9 aromatic carbocycles. The van der Waals surface area contributed by atoms with Crippen molar-refractivity contribution in [3.05, 3.63) is 252 Å². The van der Waals surface area contributed by atoms with Crippen molar-refractivity contribution in [3.8, 4) is 66.8 Å². The Kier molecular flexibility index (Phi) is 7.74. The van der Waals surface area contributed by atoms with E-state index in [1.165, 1.54) is 100 Å². The second-order valence-corrected chi connectivity index (χ2v) is 15.2. The highest BCUT2D eigenvalue weighted by atomic mass is 14.4. The van der Waals surface area contributed by atoms with Crippen molar-refractivity contribution < 1.29 is 0 Å². The van der Waals surface area contributed by atoms with Crippen LogP contribution < -0.4 is 0 Å². The van der Waals surface area contributed by atoms with E-state index in [1.54, 1.807) is 0 Å². The van der Waals surface area contributed by atoms with Crippen LogP contribution in [-0.4, -0.2) is 0 Å². The number of rotatable bonds is 6. The molecule has 262 valence electrons. The summed E-state index contributed by atoms with van der Waals surface area (Å²) >= 11 is 0. The minimum atomic E-state index is 0.135. The molecule has 2 aliphatic carbocycles. The second kappa shape index (κ2) is 13.4. The first-order valence-corrected chi connectivity index (χ1v) is 19.6. The summed E-state index contributed by atoms with van der Waals surface area (Å²) in [5, 5.41) is 0. The van der Waals surface area contributed by atoms with Gasteiger partial charge in [-0.15, -0.1) is 0 Å². The molecule has 56 heavy (non-hydrogen) atoms. The van der Waals surface area contributed by atoms with Gasteiger partial charge in [0.25, 0.3) is 0 Å². The van der Waals surface area contributed by atoms with Gasteiger partial charge in [-0.1, -0.05) is 194 Å². The Morgan fingerprint density at radius 1 is 0.196 bits per heavy atom. The van der Waals surface area contributed by atoms with E-state index >= 15 is 0 Å². The molecular weight excluding hydrogens is 673 g/mol. The van der Waals surface area contributed by atoms with Gasteiger partial charge in [-0.25, -0.2) is 0 Å². The molecule has 0 spiro atoms. The molecule has 0 bridgehead atoms. The van der Waals surface area contributed by atoms with Gasteiger partial charge >= 0.3 is 0 Å². The van der Waals surface area contributed by atoms with Crippen LogP contribution in [0.2, 0.25) is 0 Å². The van der Waals surface area contributed by atoms with Crippen LogP contribution in [-0.2, 0) is 0 Å². The predicted molar refractivity (Wildman–Crippen MR) is 234 cm³/mol. The fourth-order valence-corrected chi connectivity index (χ4v) is 9.40. The van der Waals surface area contributed by atoms with E-state index in [2.05, 4.69) is 218 Å². The van der Waals surface area contributed by atoms with E-state index < -0.39 is 0 Å². The number of fused-ring (bicyclic) bond motifs is 6. The summed E-state index contributed by atoms with van der Waals surface area (Å²) in [6, 6.07) is 81.0. The average Bonchev–Trinajstić information content (AvgIpc) is 3.79. The third-order valence-corrected chi connectivity index (χ3v) is 12.0. The van der Waals surface area contributed by atoms with Crippen LogP contribution in [0.25, 0.3) is 66.8 Å². The third-order valence-electron chi connectivity index (χ3n) is 12.0. The lowest BCUT2D eigenvalue weighted by molar-refractivity contribution is 1.01. The molecule has 0 amide bonds. The van der Waals surface area contributed by atoms with Crippen molar-refractivity contribution in [3.63, 3.8) is 0 Å². The average molecular weight is 711 g/mol. The quantitative estimate of drug-likeness (QED) is 0.161. The van der Waals surface area contributed by atoms with Crippen LogP contribution in [0.15, 0.2) is 218 Å². The molecule has 2 atom stereocenters. The summed E-state index contributed by atoms with van der Waals surface area (Å²) < 4.78 is 0. The van der Waals surface area contributed by atoms with Crippen molar-refractivity contribution in [2.75, 3.05) is 0 Å². The predicted octanol–water partition coefficient (Wildman–Crippen LogP) is 14.7. The van der Waals surface area contributed by atoms with Crippen molar-refractivity contribution in [1.29, 1.82) is 0 Å². The highest BCUT2D eigenvalue weighted by Crippen LogP contribution is 2.52. The Morgan fingerprint density at radius 2 is 0.554 bits per heavy atom. The maximum absolute atomic E-state index is 2.45. The maximum atomic E-state index is 2.45. The summed E-state index contributed by atoms with van der Waals surface area (Å²) in [4.78, 5) is 0. The van der Waals surface area contributed by atoms with Gasteiger partial charge in [0.05, 0.1) is 0 Å². The van der Waals surface area contributed by atoms with E-state index in [0.717, 1.165) is 0 Å². The first kappa shape index (κ1) is 32.4. The molecule has 2 unspecified atom stereocenters. The van der Waals surface area contributed by atoms with E-state index in [9.17, 15) is 0 Å². The molecule has 0 fully saturated rings. The Bertz CT molecular complexity index is 2830.